The normalized spacial score (nSPS) is 17.6. The van der Waals surface area contributed by atoms with Crippen molar-refractivity contribution in [1.29, 1.82) is 5.26 Å². The van der Waals surface area contributed by atoms with E-state index in [0.29, 0.717) is 35.0 Å². The Morgan fingerprint density at radius 2 is 2.02 bits per heavy atom. The summed E-state index contributed by atoms with van der Waals surface area (Å²) in [4.78, 5) is 34.4. The monoisotopic (exact) mass is 534 g/mol. The van der Waals surface area contributed by atoms with Crippen LogP contribution in [0, 0.1) is 18.3 Å². The number of hydrogen-bond acceptors (Lipinski definition) is 9. The van der Waals surface area contributed by atoms with E-state index >= 15 is 0 Å². The van der Waals surface area contributed by atoms with Crippen molar-refractivity contribution in [3.8, 4) is 6.07 Å². The Morgan fingerprint density at radius 3 is 2.77 bits per heavy atom. The Balaban J connectivity index is 1.26. The summed E-state index contributed by atoms with van der Waals surface area (Å²) in [5.41, 5.74) is 9.27. The number of ketones is 1. The highest BCUT2D eigenvalue weighted by Crippen LogP contribution is 2.42. The molecule has 1 saturated heterocycles. The maximum Gasteiger partial charge on any atom is 0.248 e. The van der Waals surface area contributed by atoms with Gasteiger partial charge in [0, 0.05) is 56.3 Å². The van der Waals surface area contributed by atoms with Gasteiger partial charge in [-0.25, -0.2) is 4.98 Å². The Hall–Kier alpha value is -5.30. The number of methoxy groups -OCH3 is 1. The number of allylic oxidation sites excluding steroid dienone is 2. The first-order valence-corrected chi connectivity index (χ1v) is 12.7. The summed E-state index contributed by atoms with van der Waals surface area (Å²) in [6.07, 6.45) is 7.05. The second kappa shape index (κ2) is 9.78. The molecule has 1 aliphatic carbocycles. The predicted molar refractivity (Wildman–Crippen MR) is 147 cm³/mol. The van der Waals surface area contributed by atoms with Gasteiger partial charge < -0.3 is 24.4 Å². The van der Waals surface area contributed by atoms with Crippen LogP contribution >= 0.6 is 0 Å². The molecule has 1 amide bonds. The fourth-order valence-corrected chi connectivity index (χ4v) is 5.17. The Kier molecular flexibility index (Phi) is 6.11. The molecule has 1 atom stereocenters. The Bertz CT molecular complexity index is 1710. The molecule has 200 valence electrons. The lowest BCUT2D eigenvalue weighted by Gasteiger charge is -2.30. The highest BCUT2D eigenvalue weighted by Gasteiger charge is 2.43. The summed E-state index contributed by atoms with van der Waals surface area (Å²) < 4.78 is 11.0. The zero-order valence-corrected chi connectivity index (χ0v) is 22.2. The molecule has 1 aromatic heterocycles. The summed E-state index contributed by atoms with van der Waals surface area (Å²) in [6.45, 7) is 2.29. The lowest BCUT2D eigenvalue weighted by Crippen LogP contribution is -2.42. The van der Waals surface area contributed by atoms with Crippen LogP contribution in [0.15, 0.2) is 94.0 Å². The van der Waals surface area contributed by atoms with Crippen molar-refractivity contribution in [2.45, 2.75) is 19.5 Å². The van der Waals surface area contributed by atoms with Crippen molar-refractivity contribution >= 4 is 28.5 Å². The molecule has 3 heterocycles. The molecule has 0 bridgehead atoms. The SMILES string of the molecule is COC1=CC(=O)C2C(=C1)C1=CN(CC(=O)N(C)c3ccc4nc(C)oc4c3)NC=C1N2Cc1ccc(C#N)cc1. The maximum atomic E-state index is 13.3. The van der Waals surface area contributed by atoms with Crippen LogP contribution in [0.4, 0.5) is 5.69 Å². The minimum atomic E-state index is -0.524. The number of likely N-dealkylation sites (tertiary alicyclic amines) is 1. The maximum absolute atomic E-state index is 13.3. The molecular weight excluding hydrogens is 508 g/mol. The number of carbonyl (C=O) groups excluding carboxylic acids is 2. The fraction of sp³-hybridized carbons (Fsp3) is 0.200. The van der Waals surface area contributed by atoms with Gasteiger partial charge in [0.2, 0.25) is 5.91 Å². The van der Waals surface area contributed by atoms with E-state index in [0.717, 1.165) is 27.9 Å². The zero-order chi connectivity index (χ0) is 28.0. The molecule has 10 heteroatoms. The third kappa shape index (κ3) is 4.37. The van der Waals surface area contributed by atoms with Crippen LogP contribution in [0.1, 0.15) is 17.0 Å². The van der Waals surface area contributed by atoms with E-state index in [1.54, 1.807) is 42.1 Å². The molecule has 0 radical (unpaired) electrons. The summed E-state index contributed by atoms with van der Waals surface area (Å²) in [5, 5.41) is 10.8. The van der Waals surface area contributed by atoms with Crippen LogP contribution < -0.4 is 10.3 Å². The number of likely N-dealkylation sites (N-methyl/N-ethyl adjacent to an activating group) is 1. The third-order valence-electron chi connectivity index (χ3n) is 7.22. The predicted octanol–water partition coefficient (Wildman–Crippen LogP) is 3.44. The van der Waals surface area contributed by atoms with Gasteiger partial charge in [-0.1, -0.05) is 12.1 Å². The number of hydrogen-bond donors (Lipinski definition) is 1. The number of nitrogens with zero attached hydrogens (tertiary/aromatic N) is 5. The molecule has 3 aromatic rings. The van der Waals surface area contributed by atoms with Crippen LogP contribution in [-0.4, -0.2) is 53.3 Å². The number of fused-ring (bicyclic) bond motifs is 4. The van der Waals surface area contributed by atoms with Crippen molar-refractivity contribution < 1.29 is 18.7 Å². The number of aryl methyl sites for hydroxylation is 1. The van der Waals surface area contributed by atoms with Gasteiger partial charge in [0.25, 0.3) is 0 Å². The van der Waals surface area contributed by atoms with Crippen LogP contribution in [0.25, 0.3) is 11.1 Å². The van der Waals surface area contributed by atoms with Gasteiger partial charge in [-0.2, -0.15) is 5.26 Å². The van der Waals surface area contributed by atoms with Crippen molar-refractivity contribution in [1.82, 2.24) is 20.3 Å². The second-order valence-corrected chi connectivity index (χ2v) is 9.76. The van der Waals surface area contributed by atoms with E-state index < -0.39 is 6.04 Å². The summed E-state index contributed by atoms with van der Waals surface area (Å²) in [6, 6.07) is 14.4. The molecule has 1 fully saturated rings. The van der Waals surface area contributed by atoms with Gasteiger partial charge in [-0.15, -0.1) is 0 Å². The molecule has 3 aliphatic rings. The number of nitriles is 1. The molecule has 10 nitrogen and oxygen atoms in total. The number of aromatic nitrogens is 1. The second-order valence-electron chi connectivity index (χ2n) is 9.76. The minimum absolute atomic E-state index is 0.0474. The molecule has 0 saturated carbocycles. The van der Waals surface area contributed by atoms with E-state index in [1.807, 2.05) is 47.6 Å². The highest BCUT2D eigenvalue weighted by atomic mass is 16.5. The number of anilines is 1. The summed E-state index contributed by atoms with van der Waals surface area (Å²) in [5.74, 6) is 0.820. The van der Waals surface area contributed by atoms with Gasteiger partial charge in [-0.3, -0.25) is 14.6 Å². The van der Waals surface area contributed by atoms with E-state index in [9.17, 15) is 9.59 Å². The third-order valence-corrected chi connectivity index (χ3v) is 7.22. The molecule has 6 rings (SSSR count). The molecule has 1 unspecified atom stereocenters. The first-order chi connectivity index (χ1) is 19.3. The van der Waals surface area contributed by atoms with Crippen LogP contribution in [0.2, 0.25) is 0 Å². The Labute approximate surface area is 230 Å². The Morgan fingerprint density at radius 1 is 1.23 bits per heavy atom. The number of benzene rings is 2. The quantitative estimate of drug-likeness (QED) is 0.508. The fourth-order valence-electron chi connectivity index (χ4n) is 5.17. The molecule has 2 aromatic carbocycles. The van der Waals surface area contributed by atoms with Crippen molar-refractivity contribution in [2.75, 3.05) is 25.6 Å². The number of ether oxygens (including phenoxy) is 1. The van der Waals surface area contributed by atoms with E-state index in [2.05, 4.69) is 16.5 Å². The molecular formula is C30H26N6O4. The minimum Gasteiger partial charge on any atom is -0.497 e. The summed E-state index contributed by atoms with van der Waals surface area (Å²) in [7, 11) is 3.25. The van der Waals surface area contributed by atoms with Crippen molar-refractivity contribution in [2.24, 2.45) is 0 Å². The molecule has 2 aliphatic heterocycles. The van der Waals surface area contributed by atoms with Gasteiger partial charge >= 0.3 is 0 Å². The van der Waals surface area contributed by atoms with Gasteiger partial charge in [0.1, 0.15) is 23.9 Å². The van der Waals surface area contributed by atoms with E-state index in [4.69, 9.17) is 14.4 Å². The number of carbonyl (C=O) groups is 2. The van der Waals surface area contributed by atoms with Crippen LogP contribution in [0.3, 0.4) is 0 Å². The smallest absolute Gasteiger partial charge is 0.248 e. The number of oxazole rings is 1. The largest absolute Gasteiger partial charge is 0.497 e. The lowest BCUT2D eigenvalue weighted by atomic mass is 9.94. The van der Waals surface area contributed by atoms with Gasteiger partial charge in [0.15, 0.2) is 17.3 Å². The van der Waals surface area contributed by atoms with Crippen LogP contribution in [-0.2, 0) is 20.9 Å². The van der Waals surface area contributed by atoms with Crippen molar-refractivity contribution in [3.63, 3.8) is 0 Å². The molecule has 0 spiro atoms. The van der Waals surface area contributed by atoms with Crippen molar-refractivity contribution in [3.05, 3.63) is 107 Å². The standard InChI is InChI=1S/C30H26N6O4/c1-18-33-25-9-8-21(10-28(25)40-18)34(2)29(38)17-35-16-24-23-11-22(39-3)12-27(37)30(23)36(26(24)14-32-35)15-20-6-4-19(13-31)5-7-20/h4-12,14,16,30,32H,15,17H2,1-3H3. The average Bonchev–Trinajstić information content (AvgIpc) is 3.49. The number of hydrazine groups is 1. The van der Waals surface area contributed by atoms with Crippen LogP contribution in [0.5, 0.6) is 0 Å². The highest BCUT2D eigenvalue weighted by molar-refractivity contribution is 6.01. The van der Waals surface area contributed by atoms with E-state index in [1.165, 1.54) is 13.2 Å². The first-order valence-electron chi connectivity index (χ1n) is 12.7. The number of nitrogens with one attached hydrogen (secondary N) is 1. The first kappa shape index (κ1) is 25.0. The number of rotatable bonds is 6. The van der Waals surface area contributed by atoms with Gasteiger partial charge in [0.05, 0.1) is 24.4 Å². The van der Waals surface area contributed by atoms with Gasteiger partial charge in [-0.05, 0) is 41.5 Å². The van der Waals surface area contributed by atoms with E-state index in [-0.39, 0.29) is 18.2 Å². The lowest BCUT2D eigenvalue weighted by molar-refractivity contribution is -0.119. The average molecular weight is 535 g/mol. The number of amides is 1. The molecule has 40 heavy (non-hydrogen) atoms. The topological polar surface area (TPSA) is 115 Å². The molecule has 1 N–H and O–H groups in total. The zero-order valence-electron chi connectivity index (χ0n) is 22.2. The summed E-state index contributed by atoms with van der Waals surface area (Å²) >= 11 is 0.